The van der Waals surface area contributed by atoms with Crippen LogP contribution in [0, 0.1) is 0 Å². The third kappa shape index (κ3) is 3.06. The molecule has 1 aromatic heterocycles. The van der Waals surface area contributed by atoms with Crippen molar-refractivity contribution in [2.45, 2.75) is 19.9 Å². The van der Waals surface area contributed by atoms with Crippen LogP contribution in [-0.2, 0) is 16.6 Å². The van der Waals surface area contributed by atoms with Crippen LogP contribution in [0.4, 0.5) is 5.95 Å². The van der Waals surface area contributed by atoms with Gasteiger partial charge in [-0.05, 0) is 6.42 Å². The van der Waals surface area contributed by atoms with Crippen molar-refractivity contribution in [3.05, 3.63) is 12.4 Å². The summed E-state index contributed by atoms with van der Waals surface area (Å²) in [5, 5.41) is 0. The molecule has 1 rings (SSSR count). The number of nitrogens with zero attached hydrogens (tertiary/aromatic N) is 2. The van der Waals surface area contributed by atoms with E-state index in [1.165, 1.54) is 0 Å². The standard InChI is InChI=1S/C7H13N3O2S/c1-3-5-10-6-4-8-7(10)9-13(2,11)12/h4,6H,3,5H2,1-2H3,(H,8,9). The Morgan fingerprint density at radius 3 is 2.85 bits per heavy atom. The number of imidazole rings is 1. The second-order valence-electron chi connectivity index (χ2n) is 2.82. The van der Waals surface area contributed by atoms with Crippen LogP contribution in [0.15, 0.2) is 12.4 Å². The number of rotatable bonds is 4. The van der Waals surface area contributed by atoms with E-state index >= 15 is 0 Å². The van der Waals surface area contributed by atoms with Crippen molar-refractivity contribution >= 4 is 16.0 Å². The summed E-state index contributed by atoms with van der Waals surface area (Å²) in [5.74, 6) is 0.379. The van der Waals surface area contributed by atoms with E-state index in [4.69, 9.17) is 0 Å². The van der Waals surface area contributed by atoms with Crippen LogP contribution in [0.25, 0.3) is 0 Å². The fraction of sp³-hybridized carbons (Fsp3) is 0.571. The maximum atomic E-state index is 10.9. The van der Waals surface area contributed by atoms with E-state index in [1.54, 1.807) is 17.0 Å². The second-order valence-corrected chi connectivity index (χ2v) is 4.57. The Morgan fingerprint density at radius 1 is 1.62 bits per heavy atom. The summed E-state index contributed by atoms with van der Waals surface area (Å²) in [6.45, 7) is 2.78. The number of nitrogens with one attached hydrogen (secondary N) is 1. The lowest BCUT2D eigenvalue weighted by Crippen LogP contribution is -2.14. The molecule has 0 fully saturated rings. The SMILES string of the molecule is CCCn1ccnc1NS(C)(=O)=O. The fourth-order valence-electron chi connectivity index (χ4n) is 1.00. The van der Waals surface area contributed by atoms with Gasteiger partial charge in [-0.1, -0.05) is 6.92 Å². The van der Waals surface area contributed by atoms with Gasteiger partial charge in [-0.3, -0.25) is 4.72 Å². The molecular formula is C7H13N3O2S. The Balaban J connectivity index is 2.82. The van der Waals surface area contributed by atoms with E-state index in [1.807, 2.05) is 6.92 Å². The molecule has 1 aromatic rings. The Labute approximate surface area is 77.8 Å². The van der Waals surface area contributed by atoms with Gasteiger partial charge in [0.1, 0.15) is 0 Å². The zero-order chi connectivity index (χ0) is 9.90. The molecule has 0 radical (unpaired) electrons. The molecule has 13 heavy (non-hydrogen) atoms. The molecule has 0 atom stereocenters. The summed E-state index contributed by atoms with van der Waals surface area (Å²) in [6, 6.07) is 0. The summed E-state index contributed by atoms with van der Waals surface area (Å²) in [7, 11) is -3.22. The molecule has 1 heterocycles. The Bertz CT molecular complexity index is 369. The van der Waals surface area contributed by atoms with Crippen LogP contribution in [0.3, 0.4) is 0 Å². The molecule has 0 aromatic carbocycles. The molecule has 0 saturated heterocycles. The largest absolute Gasteiger partial charge is 0.317 e. The smallest absolute Gasteiger partial charge is 0.232 e. The van der Waals surface area contributed by atoms with Crippen LogP contribution in [0.2, 0.25) is 0 Å². The summed E-state index contributed by atoms with van der Waals surface area (Å²) < 4.78 is 25.9. The molecule has 6 heteroatoms. The lowest BCUT2D eigenvalue weighted by molar-refractivity contribution is 0.605. The zero-order valence-electron chi connectivity index (χ0n) is 7.69. The molecule has 0 amide bonds. The number of aromatic nitrogens is 2. The third-order valence-electron chi connectivity index (χ3n) is 1.46. The van der Waals surface area contributed by atoms with Crippen molar-refractivity contribution in [3.63, 3.8) is 0 Å². The average Bonchev–Trinajstić information content (AvgIpc) is 2.34. The van der Waals surface area contributed by atoms with Gasteiger partial charge in [0.15, 0.2) is 0 Å². The minimum absolute atomic E-state index is 0.379. The highest BCUT2D eigenvalue weighted by Crippen LogP contribution is 2.06. The van der Waals surface area contributed by atoms with E-state index in [0.717, 1.165) is 19.2 Å². The molecule has 0 aliphatic heterocycles. The molecule has 0 bridgehead atoms. The van der Waals surface area contributed by atoms with Crippen molar-refractivity contribution in [2.24, 2.45) is 0 Å². The van der Waals surface area contributed by atoms with Crippen molar-refractivity contribution in [2.75, 3.05) is 11.0 Å². The van der Waals surface area contributed by atoms with Gasteiger partial charge in [0.25, 0.3) is 0 Å². The summed E-state index contributed by atoms with van der Waals surface area (Å²) in [5.41, 5.74) is 0. The minimum Gasteiger partial charge on any atom is -0.317 e. The van der Waals surface area contributed by atoms with Crippen molar-refractivity contribution in [1.82, 2.24) is 9.55 Å². The molecule has 0 aliphatic rings. The quantitative estimate of drug-likeness (QED) is 0.782. The van der Waals surface area contributed by atoms with Gasteiger partial charge in [0.05, 0.1) is 6.26 Å². The van der Waals surface area contributed by atoms with E-state index in [-0.39, 0.29) is 0 Å². The highest BCUT2D eigenvalue weighted by molar-refractivity contribution is 7.91. The zero-order valence-corrected chi connectivity index (χ0v) is 8.50. The highest BCUT2D eigenvalue weighted by atomic mass is 32.2. The Morgan fingerprint density at radius 2 is 2.31 bits per heavy atom. The summed E-state index contributed by atoms with van der Waals surface area (Å²) in [6.07, 6.45) is 5.37. The van der Waals surface area contributed by atoms with Gasteiger partial charge < -0.3 is 4.57 Å². The molecule has 74 valence electrons. The molecule has 0 saturated carbocycles. The Hall–Kier alpha value is -1.04. The fourth-order valence-corrected chi connectivity index (χ4v) is 1.50. The first kappa shape index (κ1) is 10.0. The average molecular weight is 203 g/mol. The highest BCUT2D eigenvalue weighted by Gasteiger charge is 2.06. The van der Waals surface area contributed by atoms with E-state index < -0.39 is 10.0 Å². The topological polar surface area (TPSA) is 64.0 Å². The predicted molar refractivity (Wildman–Crippen MR) is 51.0 cm³/mol. The first-order valence-electron chi connectivity index (χ1n) is 4.02. The summed E-state index contributed by atoms with van der Waals surface area (Å²) >= 11 is 0. The first-order chi connectivity index (χ1) is 6.03. The molecule has 0 unspecified atom stereocenters. The number of hydrogen-bond donors (Lipinski definition) is 1. The number of sulfonamides is 1. The maximum Gasteiger partial charge on any atom is 0.232 e. The minimum atomic E-state index is -3.22. The van der Waals surface area contributed by atoms with Gasteiger partial charge in [0, 0.05) is 18.9 Å². The van der Waals surface area contributed by atoms with Gasteiger partial charge >= 0.3 is 0 Å². The number of hydrogen-bond acceptors (Lipinski definition) is 3. The molecule has 0 aliphatic carbocycles. The number of anilines is 1. The maximum absolute atomic E-state index is 10.9. The van der Waals surface area contributed by atoms with Crippen molar-refractivity contribution in [3.8, 4) is 0 Å². The lowest BCUT2D eigenvalue weighted by atomic mass is 10.5. The Kier molecular flexibility index (Phi) is 2.92. The van der Waals surface area contributed by atoms with Crippen LogP contribution in [-0.4, -0.2) is 24.2 Å². The van der Waals surface area contributed by atoms with E-state index in [0.29, 0.717) is 5.95 Å². The van der Waals surface area contributed by atoms with Crippen LogP contribution >= 0.6 is 0 Å². The predicted octanol–water partition coefficient (Wildman–Crippen LogP) is 0.665. The van der Waals surface area contributed by atoms with Gasteiger partial charge in [0.2, 0.25) is 16.0 Å². The summed E-state index contributed by atoms with van der Waals surface area (Å²) in [4.78, 5) is 3.89. The third-order valence-corrected chi connectivity index (χ3v) is 2.01. The van der Waals surface area contributed by atoms with Crippen molar-refractivity contribution in [1.29, 1.82) is 0 Å². The molecule has 1 N–H and O–H groups in total. The van der Waals surface area contributed by atoms with Gasteiger partial charge in [-0.2, -0.15) is 0 Å². The van der Waals surface area contributed by atoms with Crippen LogP contribution in [0.5, 0.6) is 0 Å². The monoisotopic (exact) mass is 203 g/mol. The normalized spacial score (nSPS) is 11.5. The molecule has 0 spiro atoms. The lowest BCUT2D eigenvalue weighted by Gasteiger charge is -2.06. The first-order valence-corrected chi connectivity index (χ1v) is 5.91. The van der Waals surface area contributed by atoms with E-state index in [2.05, 4.69) is 9.71 Å². The number of aryl methyl sites for hydroxylation is 1. The van der Waals surface area contributed by atoms with Gasteiger partial charge in [-0.25, -0.2) is 13.4 Å². The van der Waals surface area contributed by atoms with Crippen LogP contribution < -0.4 is 4.72 Å². The van der Waals surface area contributed by atoms with E-state index in [9.17, 15) is 8.42 Å². The van der Waals surface area contributed by atoms with Crippen molar-refractivity contribution < 1.29 is 8.42 Å². The molecular weight excluding hydrogens is 190 g/mol. The van der Waals surface area contributed by atoms with Crippen LogP contribution in [0.1, 0.15) is 13.3 Å². The molecule has 5 nitrogen and oxygen atoms in total. The van der Waals surface area contributed by atoms with Gasteiger partial charge in [-0.15, -0.1) is 0 Å². The second kappa shape index (κ2) is 3.78.